The summed E-state index contributed by atoms with van der Waals surface area (Å²) in [5.74, 6) is 5.91. The Kier molecular flexibility index (Phi) is 3.31. The molecule has 106 valence electrons. The summed E-state index contributed by atoms with van der Waals surface area (Å²) >= 11 is 0. The average Bonchev–Trinajstić information content (AvgIpc) is 2.48. The second kappa shape index (κ2) is 5.14. The first-order chi connectivity index (χ1) is 10.1. The van der Waals surface area contributed by atoms with Crippen LogP contribution in [0.25, 0.3) is 22.0 Å². The van der Waals surface area contributed by atoms with E-state index in [0.29, 0.717) is 5.82 Å². The standard InChI is InChI=1S/C17H16FN3/c1-10-7-13-9-15(12-3-5-14(18)6-4-12)17(21-19)20-16(13)8-11(10)2/h3-9H,19H2,1-2H3,(H,20,21). The summed E-state index contributed by atoms with van der Waals surface area (Å²) in [4.78, 5) is 4.56. The van der Waals surface area contributed by atoms with E-state index in [0.717, 1.165) is 22.0 Å². The third-order valence-corrected chi connectivity index (χ3v) is 3.72. The Labute approximate surface area is 122 Å². The first kappa shape index (κ1) is 13.5. The van der Waals surface area contributed by atoms with Crippen molar-refractivity contribution in [2.45, 2.75) is 13.8 Å². The summed E-state index contributed by atoms with van der Waals surface area (Å²) in [6.07, 6.45) is 0. The number of halogens is 1. The number of aryl methyl sites for hydroxylation is 2. The molecule has 0 spiro atoms. The lowest BCUT2D eigenvalue weighted by Crippen LogP contribution is -2.10. The summed E-state index contributed by atoms with van der Waals surface area (Å²) in [5.41, 5.74) is 7.64. The minimum absolute atomic E-state index is 0.263. The zero-order chi connectivity index (χ0) is 15.0. The van der Waals surface area contributed by atoms with E-state index in [1.807, 2.05) is 12.1 Å². The van der Waals surface area contributed by atoms with Crippen molar-refractivity contribution in [3.8, 4) is 11.1 Å². The third kappa shape index (κ3) is 2.45. The minimum atomic E-state index is -0.263. The highest BCUT2D eigenvalue weighted by atomic mass is 19.1. The molecule has 0 saturated heterocycles. The van der Waals surface area contributed by atoms with E-state index >= 15 is 0 Å². The number of hydrogen-bond donors (Lipinski definition) is 2. The molecular weight excluding hydrogens is 265 g/mol. The van der Waals surface area contributed by atoms with Crippen molar-refractivity contribution in [2.75, 3.05) is 5.43 Å². The fraction of sp³-hybridized carbons (Fsp3) is 0.118. The molecule has 0 bridgehead atoms. The summed E-state index contributed by atoms with van der Waals surface area (Å²) in [7, 11) is 0. The maximum atomic E-state index is 13.1. The molecule has 0 fully saturated rings. The lowest BCUT2D eigenvalue weighted by Gasteiger charge is -2.11. The number of pyridine rings is 1. The number of nitrogens with one attached hydrogen (secondary N) is 1. The molecule has 1 aromatic heterocycles. The van der Waals surface area contributed by atoms with Crippen LogP contribution < -0.4 is 11.3 Å². The van der Waals surface area contributed by atoms with Gasteiger partial charge in [-0.3, -0.25) is 0 Å². The quantitative estimate of drug-likeness (QED) is 0.552. The highest BCUT2D eigenvalue weighted by Gasteiger charge is 2.09. The number of rotatable bonds is 2. The molecule has 0 aliphatic rings. The number of nitrogens with two attached hydrogens (primary N) is 1. The smallest absolute Gasteiger partial charge is 0.148 e. The van der Waals surface area contributed by atoms with Gasteiger partial charge in [-0.2, -0.15) is 0 Å². The van der Waals surface area contributed by atoms with Crippen LogP contribution in [0.3, 0.4) is 0 Å². The average molecular weight is 281 g/mol. The van der Waals surface area contributed by atoms with Gasteiger partial charge in [0.2, 0.25) is 0 Å². The van der Waals surface area contributed by atoms with E-state index < -0.39 is 0 Å². The van der Waals surface area contributed by atoms with Crippen molar-refractivity contribution in [1.29, 1.82) is 0 Å². The number of nitrogen functional groups attached to an aromatic ring is 1. The zero-order valence-corrected chi connectivity index (χ0v) is 11.9. The van der Waals surface area contributed by atoms with Crippen molar-refractivity contribution < 1.29 is 4.39 Å². The van der Waals surface area contributed by atoms with E-state index in [2.05, 4.69) is 30.3 Å². The van der Waals surface area contributed by atoms with Gasteiger partial charge in [-0.25, -0.2) is 15.2 Å². The molecule has 3 rings (SSSR count). The molecule has 2 aromatic carbocycles. The van der Waals surface area contributed by atoms with Crippen LogP contribution in [0.1, 0.15) is 11.1 Å². The van der Waals surface area contributed by atoms with Crippen molar-refractivity contribution in [3.05, 3.63) is 59.4 Å². The van der Waals surface area contributed by atoms with Crippen molar-refractivity contribution in [1.82, 2.24) is 4.98 Å². The first-order valence-corrected chi connectivity index (χ1v) is 6.73. The van der Waals surface area contributed by atoms with Crippen LogP contribution in [-0.4, -0.2) is 4.98 Å². The monoisotopic (exact) mass is 281 g/mol. The molecule has 1 heterocycles. The van der Waals surface area contributed by atoms with Gasteiger partial charge in [0.1, 0.15) is 11.6 Å². The Balaban J connectivity index is 2.26. The zero-order valence-electron chi connectivity index (χ0n) is 11.9. The van der Waals surface area contributed by atoms with Crippen molar-refractivity contribution in [2.24, 2.45) is 5.84 Å². The Morgan fingerprint density at radius 2 is 1.67 bits per heavy atom. The molecule has 0 amide bonds. The summed E-state index contributed by atoms with van der Waals surface area (Å²) in [6, 6.07) is 12.5. The Hall–Kier alpha value is -2.46. The van der Waals surface area contributed by atoms with Gasteiger partial charge < -0.3 is 5.43 Å². The van der Waals surface area contributed by atoms with Gasteiger partial charge in [-0.1, -0.05) is 12.1 Å². The van der Waals surface area contributed by atoms with Gasteiger partial charge in [0.25, 0.3) is 0 Å². The van der Waals surface area contributed by atoms with Crippen LogP contribution in [0.4, 0.5) is 10.2 Å². The van der Waals surface area contributed by atoms with E-state index in [-0.39, 0.29) is 5.82 Å². The fourth-order valence-corrected chi connectivity index (χ4v) is 2.40. The Morgan fingerprint density at radius 3 is 2.33 bits per heavy atom. The number of hydrogen-bond acceptors (Lipinski definition) is 3. The molecule has 0 saturated carbocycles. The van der Waals surface area contributed by atoms with E-state index in [1.54, 1.807) is 12.1 Å². The highest BCUT2D eigenvalue weighted by molar-refractivity contribution is 5.90. The molecule has 4 heteroatoms. The molecule has 3 aromatic rings. The van der Waals surface area contributed by atoms with Crippen LogP contribution in [0.5, 0.6) is 0 Å². The summed E-state index contributed by atoms with van der Waals surface area (Å²) < 4.78 is 13.1. The van der Waals surface area contributed by atoms with Crippen molar-refractivity contribution in [3.63, 3.8) is 0 Å². The second-order valence-electron chi connectivity index (χ2n) is 5.16. The second-order valence-corrected chi connectivity index (χ2v) is 5.16. The van der Waals surface area contributed by atoms with Gasteiger partial charge in [0, 0.05) is 10.9 Å². The van der Waals surface area contributed by atoms with Crippen LogP contribution >= 0.6 is 0 Å². The summed E-state index contributed by atoms with van der Waals surface area (Å²) in [6.45, 7) is 4.13. The maximum Gasteiger partial charge on any atom is 0.148 e. The lowest BCUT2D eigenvalue weighted by atomic mass is 10.0. The number of benzene rings is 2. The largest absolute Gasteiger partial charge is 0.308 e. The van der Waals surface area contributed by atoms with Gasteiger partial charge in [0.05, 0.1) is 5.52 Å². The molecule has 21 heavy (non-hydrogen) atoms. The van der Waals surface area contributed by atoms with Gasteiger partial charge in [-0.15, -0.1) is 0 Å². The predicted molar refractivity (Wildman–Crippen MR) is 84.4 cm³/mol. The van der Waals surface area contributed by atoms with Crippen molar-refractivity contribution >= 4 is 16.7 Å². The molecule has 0 radical (unpaired) electrons. The number of aromatic nitrogens is 1. The van der Waals surface area contributed by atoms with E-state index in [1.165, 1.54) is 23.3 Å². The fourth-order valence-electron chi connectivity index (χ4n) is 2.40. The normalized spacial score (nSPS) is 10.9. The minimum Gasteiger partial charge on any atom is -0.308 e. The van der Waals surface area contributed by atoms with Gasteiger partial charge >= 0.3 is 0 Å². The molecule has 3 nitrogen and oxygen atoms in total. The topological polar surface area (TPSA) is 50.9 Å². The predicted octanol–water partition coefficient (Wildman–Crippen LogP) is 3.94. The lowest BCUT2D eigenvalue weighted by molar-refractivity contribution is 0.628. The van der Waals surface area contributed by atoms with E-state index in [4.69, 9.17) is 5.84 Å². The molecule has 3 N–H and O–H groups in total. The molecule has 0 unspecified atom stereocenters. The number of nitrogens with zero attached hydrogens (tertiary/aromatic N) is 1. The summed E-state index contributed by atoms with van der Waals surface area (Å²) in [5, 5.41) is 1.04. The molecular formula is C17H16FN3. The SMILES string of the molecule is Cc1cc2cc(-c3ccc(F)cc3)c(NN)nc2cc1C. The Morgan fingerprint density at radius 1 is 1.00 bits per heavy atom. The van der Waals surface area contributed by atoms with Crippen LogP contribution in [0, 0.1) is 19.7 Å². The van der Waals surface area contributed by atoms with Gasteiger partial charge in [-0.05, 0) is 60.9 Å². The number of anilines is 1. The first-order valence-electron chi connectivity index (χ1n) is 6.73. The van der Waals surface area contributed by atoms with Gasteiger partial charge in [0.15, 0.2) is 0 Å². The van der Waals surface area contributed by atoms with Crippen LogP contribution in [0.2, 0.25) is 0 Å². The highest BCUT2D eigenvalue weighted by Crippen LogP contribution is 2.30. The van der Waals surface area contributed by atoms with Crippen LogP contribution in [-0.2, 0) is 0 Å². The third-order valence-electron chi connectivity index (χ3n) is 3.72. The maximum absolute atomic E-state index is 13.1. The number of hydrazine groups is 1. The number of fused-ring (bicyclic) bond motifs is 1. The molecule has 0 aliphatic heterocycles. The van der Waals surface area contributed by atoms with E-state index in [9.17, 15) is 4.39 Å². The van der Waals surface area contributed by atoms with Crippen LogP contribution in [0.15, 0.2) is 42.5 Å². The molecule has 0 aliphatic carbocycles. The molecule has 0 atom stereocenters. The Bertz CT molecular complexity index is 810.